The monoisotopic (exact) mass is 320 g/mol. The van der Waals surface area contributed by atoms with Crippen LogP contribution in [0, 0.1) is 0 Å². The molecule has 0 radical (unpaired) electrons. The van der Waals surface area contributed by atoms with Gasteiger partial charge in [-0.25, -0.2) is 23.7 Å². The summed E-state index contributed by atoms with van der Waals surface area (Å²) < 4.78 is 28.4. The minimum Gasteiger partial charge on any atom is -0.321 e. The Hall–Kier alpha value is -2.08. The molecule has 0 amide bonds. The lowest BCUT2D eigenvalue weighted by atomic mass is 10.2. The Bertz CT molecular complexity index is 858. The van der Waals surface area contributed by atoms with Gasteiger partial charge in [0.25, 0.3) is 6.43 Å². The lowest BCUT2D eigenvalue weighted by Crippen LogP contribution is -2.02. The molecule has 1 aliphatic rings. The molecule has 0 spiro atoms. The number of alkyl halides is 2. The van der Waals surface area contributed by atoms with E-state index >= 15 is 0 Å². The molecule has 4 nitrogen and oxygen atoms in total. The summed E-state index contributed by atoms with van der Waals surface area (Å²) in [5, 5.41) is 0.597. The van der Waals surface area contributed by atoms with Crippen LogP contribution < -0.4 is 0 Å². The summed E-state index contributed by atoms with van der Waals surface area (Å²) in [7, 11) is 0. The summed E-state index contributed by atoms with van der Waals surface area (Å²) in [4.78, 5) is 12.1. The normalized spacial score (nSPS) is 14.9. The Morgan fingerprint density at radius 2 is 2.09 bits per heavy atom. The smallest absolute Gasteiger partial charge is 0.281 e. The maximum atomic E-state index is 13.2. The third-order valence-corrected chi connectivity index (χ3v) is 3.99. The number of benzene rings is 1. The van der Waals surface area contributed by atoms with Gasteiger partial charge < -0.3 is 4.57 Å². The van der Waals surface area contributed by atoms with Crippen molar-refractivity contribution in [2.75, 3.05) is 0 Å². The maximum Gasteiger partial charge on any atom is 0.281 e. The molecule has 7 heteroatoms. The zero-order chi connectivity index (χ0) is 15.3. The van der Waals surface area contributed by atoms with E-state index in [1.54, 1.807) is 12.1 Å². The standard InChI is InChI=1S/C15H11ClF2N4/c16-8-1-4-11-12(5-8)22(9-2-3-9)15(21-11)10-6-19-7-20-13(10)14(17)18/h1,4-7,9,14H,2-3H2. The van der Waals surface area contributed by atoms with Crippen molar-refractivity contribution in [3.05, 3.63) is 41.4 Å². The van der Waals surface area contributed by atoms with Crippen molar-refractivity contribution in [1.82, 2.24) is 19.5 Å². The third-order valence-electron chi connectivity index (χ3n) is 3.75. The van der Waals surface area contributed by atoms with E-state index in [9.17, 15) is 8.78 Å². The number of rotatable bonds is 3. The Balaban J connectivity index is 2.01. The van der Waals surface area contributed by atoms with Gasteiger partial charge in [-0.15, -0.1) is 0 Å². The van der Waals surface area contributed by atoms with Crippen LogP contribution >= 0.6 is 11.6 Å². The lowest BCUT2D eigenvalue weighted by molar-refractivity contribution is 0.146. The first-order valence-corrected chi connectivity index (χ1v) is 7.29. The minimum atomic E-state index is -2.67. The van der Waals surface area contributed by atoms with Gasteiger partial charge >= 0.3 is 0 Å². The van der Waals surface area contributed by atoms with Gasteiger partial charge in [0.05, 0.1) is 16.6 Å². The summed E-state index contributed by atoms with van der Waals surface area (Å²) in [5.74, 6) is 0.482. The highest BCUT2D eigenvalue weighted by Gasteiger charge is 2.30. The van der Waals surface area contributed by atoms with Crippen LogP contribution in [0.3, 0.4) is 0 Å². The molecule has 2 aromatic heterocycles. The first-order valence-electron chi connectivity index (χ1n) is 6.91. The molecular weight excluding hydrogens is 310 g/mol. The topological polar surface area (TPSA) is 43.6 Å². The zero-order valence-electron chi connectivity index (χ0n) is 11.4. The molecule has 0 N–H and O–H groups in total. The molecule has 2 heterocycles. The fourth-order valence-electron chi connectivity index (χ4n) is 2.64. The van der Waals surface area contributed by atoms with Crippen LogP contribution in [0.5, 0.6) is 0 Å². The lowest BCUT2D eigenvalue weighted by Gasteiger charge is -2.10. The molecule has 22 heavy (non-hydrogen) atoms. The number of hydrogen-bond acceptors (Lipinski definition) is 3. The number of nitrogens with zero attached hydrogens (tertiary/aromatic N) is 4. The van der Waals surface area contributed by atoms with E-state index in [1.165, 1.54) is 6.20 Å². The van der Waals surface area contributed by atoms with E-state index < -0.39 is 6.43 Å². The second-order valence-electron chi connectivity index (χ2n) is 5.29. The van der Waals surface area contributed by atoms with Crippen LogP contribution in [0.15, 0.2) is 30.7 Å². The van der Waals surface area contributed by atoms with Crippen molar-refractivity contribution in [2.45, 2.75) is 25.3 Å². The molecular formula is C15H11ClF2N4. The largest absolute Gasteiger partial charge is 0.321 e. The third kappa shape index (κ3) is 2.14. The van der Waals surface area contributed by atoms with E-state index in [1.807, 2.05) is 10.6 Å². The SMILES string of the molecule is FC(F)c1ncncc1-c1nc2ccc(Cl)cc2n1C1CC1. The molecule has 1 fully saturated rings. The Labute approximate surface area is 129 Å². The highest BCUT2D eigenvalue weighted by Crippen LogP contribution is 2.42. The first kappa shape index (κ1) is 13.6. The average Bonchev–Trinajstić information content (AvgIpc) is 3.28. The minimum absolute atomic E-state index is 0.268. The van der Waals surface area contributed by atoms with Crippen LogP contribution in [0.25, 0.3) is 22.4 Å². The van der Waals surface area contributed by atoms with Crippen molar-refractivity contribution < 1.29 is 8.78 Å². The predicted molar refractivity (Wildman–Crippen MR) is 79.0 cm³/mol. The van der Waals surface area contributed by atoms with E-state index in [4.69, 9.17) is 11.6 Å². The van der Waals surface area contributed by atoms with Gasteiger partial charge in [-0.2, -0.15) is 0 Å². The highest BCUT2D eigenvalue weighted by molar-refractivity contribution is 6.31. The molecule has 1 aliphatic carbocycles. The number of imidazole rings is 1. The van der Waals surface area contributed by atoms with Crippen LogP contribution in [0.1, 0.15) is 31.0 Å². The molecule has 0 aliphatic heterocycles. The molecule has 0 saturated heterocycles. The predicted octanol–water partition coefficient (Wildman–Crippen LogP) is 4.42. The quantitative estimate of drug-likeness (QED) is 0.717. The van der Waals surface area contributed by atoms with Gasteiger partial charge in [0.15, 0.2) is 0 Å². The molecule has 0 unspecified atom stereocenters. The number of aromatic nitrogens is 4. The fraction of sp³-hybridized carbons (Fsp3) is 0.267. The summed E-state index contributed by atoms with van der Waals surface area (Å²) in [5.41, 5.74) is 1.57. The second kappa shape index (κ2) is 4.98. The van der Waals surface area contributed by atoms with Gasteiger partial charge in [-0.3, -0.25) is 0 Å². The van der Waals surface area contributed by atoms with Crippen molar-refractivity contribution in [3.63, 3.8) is 0 Å². The van der Waals surface area contributed by atoms with Crippen LogP contribution in [-0.4, -0.2) is 19.5 Å². The highest BCUT2D eigenvalue weighted by atomic mass is 35.5. The fourth-order valence-corrected chi connectivity index (χ4v) is 2.81. The summed E-state index contributed by atoms with van der Waals surface area (Å²) in [6.45, 7) is 0. The van der Waals surface area contributed by atoms with Gasteiger partial charge in [0, 0.05) is 17.3 Å². The summed E-state index contributed by atoms with van der Waals surface area (Å²) in [6.07, 6.45) is 1.86. The summed E-state index contributed by atoms with van der Waals surface area (Å²) in [6, 6.07) is 5.63. The van der Waals surface area contributed by atoms with Crippen LogP contribution in [-0.2, 0) is 0 Å². The Morgan fingerprint density at radius 1 is 1.27 bits per heavy atom. The zero-order valence-corrected chi connectivity index (χ0v) is 12.1. The second-order valence-corrected chi connectivity index (χ2v) is 5.73. The van der Waals surface area contributed by atoms with E-state index in [-0.39, 0.29) is 17.3 Å². The van der Waals surface area contributed by atoms with E-state index in [0.29, 0.717) is 10.8 Å². The molecule has 112 valence electrons. The average molecular weight is 321 g/mol. The molecule has 4 rings (SSSR count). The summed E-state index contributed by atoms with van der Waals surface area (Å²) >= 11 is 6.07. The molecule has 1 aromatic carbocycles. The van der Waals surface area contributed by atoms with Crippen molar-refractivity contribution in [3.8, 4) is 11.4 Å². The number of hydrogen-bond donors (Lipinski definition) is 0. The number of fused-ring (bicyclic) bond motifs is 1. The molecule has 1 saturated carbocycles. The van der Waals surface area contributed by atoms with Gasteiger partial charge in [-0.1, -0.05) is 11.6 Å². The first-order chi connectivity index (χ1) is 10.6. The molecule has 0 bridgehead atoms. The van der Waals surface area contributed by atoms with Gasteiger partial charge in [0.1, 0.15) is 17.8 Å². The molecule has 3 aromatic rings. The van der Waals surface area contributed by atoms with Gasteiger partial charge in [-0.05, 0) is 31.0 Å². The van der Waals surface area contributed by atoms with E-state index in [0.717, 1.165) is 30.2 Å². The number of halogens is 3. The van der Waals surface area contributed by atoms with Crippen molar-refractivity contribution >= 4 is 22.6 Å². The van der Waals surface area contributed by atoms with Gasteiger partial charge in [0.2, 0.25) is 0 Å². The van der Waals surface area contributed by atoms with Crippen LogP contribution in [0.4, 0.5) is 8.78 Å². The maximum absolute atomic E-state index is 13.2. The Kier molecular flexibility index (Phi) is 3.07. The van der Waals surface area contributed by atoms with Crippen LogP contribution in [0.2, 0.25) is 5.02 Å². The van der Waals surface area contributed by atoms with Crippen molar-refractivity contribution in [1.29, 1.82) is 0 Å². The van der Waals surface area contributed by atoms with Crippen molar-refractivity contribution in [2.24, 2.45) is 0 Å². The van der Waals surface area contributed by atoms with E-state index in [2.05, 4.69) is 15.0 Å². The molecule has 0 atom stereocenters. The Morgan fingerprint density at radius 3 is 2.82 bits per heavy atom.